The molecule has 1 atom stereocenters. The van der Waals surface area contributed by atoms with Gasteiger partial charge < -0.3 is 5.32 Å². The minimum Gasteiger partial charge on any atom is -0.314 e. The van der Waals surface area contributed by atoms with Gasteiger partial charge >= 0.3 is 0 Å². The molecule has 0 saturated carbocycles. The summed E-state index contributed by atoms with van der Waals surface area (Å²) in [5.74, 6) is 0. The molecule has 21 heavy (non-hydrogen) atoms. The van der Waals surface area contributed by atoms with Crippen LogP contribution in [0, 0.1) is 0 Å². The number of aromatic nitrogens is 2. The fourth-order valence-corrected chi connectivity index (χ4v) is 2.67. The van der Waals surface area contributed by atoms with Crippen LogP contribution in [0.5, 0.6) is 0 Å². The molecule has 1 heterocycles. The number of rotatable bonds is 7. The molecular weight excluding hydrogens is 282 g/mol. The van der Waals surface area contributed by atoms with Crippen molar-refractivity contribution in [2.24, 2.45) is 0 Å². The maximum atomic E-state index is 6.27. The van der Waals surface area contributed by atoms with Crippen molar-refractivity contribution in [2.75, 3.05) is 6.54 Å². The molecule has 2 rings (SSSR count). The number of halogens is 1. The van der Waals surface area contributed by atoms with E-state index in [2.05, 4.69) is 49.5 Å². The lowest BCUT2D eigenvalue weighted by Gasteiger charge is -2.17. The van der Waals surface area contributed by atoms with Gasteiger partial charge in [0.25, 0.3) is 0 Å². The van der Waals surface area contributed by atoms with Crippen LogP contribution in [0.2, 0.25) is 5.02 Å². The largest absolute Gasteiger partial charge is 0.314 e. The van der Waals surface area contributed by atoms with Crippen molar-refractivity contribution in [3.05, 3.63) is 52.8 Å². The Labute approximate surface area is 132 Å². The number of nitrogens with zero attached hydrogens (tertiary/aromatic N) is 2. The fraction of sp³-hybridized carbons (Fsp3) is 0.471. The van der Waals surface area contributed by atoms with E-state index >= 15 is 0 Å². The lowest BCUT2D eigenvalue weighted by atomic mass is 10.0. The van der Waals surface area contributed by atoms with Crippen LogP contribution in [0.3, 0.4) is 0 Å². The summed E-state index contributed by atoms with van der Waals surface area (Å²) in [5, 5.41) is 9.02. The third-order valence-corrected chi connectivity index (χ3v) is 3.93. The van der Waals surface area contributed by atoms with Crippen molar-refractivity contribution in [3.63, 3.8) is 0 Å². The van der Waals surface area contributed by atoms with Gasteiger partial charge in [-0.25, -0.2) is 0 Å². The molecule has 0 bridgehead atoms. The van der Waals surface area contributed by atoms with Crippen molar-refractivity contribution in [2.45, 2.75) is 45.7 Å². The molecule has 0 amide bonds. The van der Waals surface area contributed by atoms with Crippen LogP contribution in [-0.4, -0.2) is 22.4 Å². The summed E-state index contributed by atoms with van der Waals surface area (Å²) in [6.45, 7) is 7.36. The highest BCUT2D eigenvalue weighted by Gasteiger charge is 2.13. The molecule has 114 valence electrons. The predicted octanol–water partition coefficient (Wildman–Crippen LogP) is 3.88. The highest BCUT2D eigenvalue weighted by atomic mass is 35.5. The molecule has 1 aromatic carbocycles. The summed E-state index contributed by atoms with van der Waals surface area (Å²) < 4.78 is 2.01. The third kappa shape index (κ3) is 4.58. The van der Waals surface area contributed by atoms with E-state index < -0.39 is 0 Å². The average molecular weight is 306 g/mol. The number of likely N-dealkylation sites (N-methyl/N-ethyl adjacent to an activating group) is 1. The average Bonchev–Trinajstić information content (AvgIpc) is 2.90. The van der Waals surface area contributed by atoms with Crippen LogP contribution in [0.15, 0.2) is 36.5 Å². The molecule has 1 unspecified atom stereocenters. The quantitative estimate of drug-likeness (QED) is 0.841. The van der Waals surface area contributed by atoms with Gasteiger partial charge in [-0.3, -0.25) is 4.68 Å². The normalized spacial score (nSPS) is 12.8. The summed E-state index contributed by atoms with van der Waals surface area (Å²) in [6.07, 6.45) is 3.89. The van der Waals surface area contributed by atoms with Crippen LogP contribution in [0.4, 0.5) is 0 Å². The Kier molecular flexibility index (Phi) is 5.83. The van der Waals surface area contributed by atoms with E-state index in [1.165, 1.54) is 5.56 Å². The third-order valence-electron chi connectivity index (χ3n) is 3.57. The second kappa shape index (κ2) is 7.62. The van der Waals surface area contributed by atoms with Gasteiger partial charge in [-0.1, -0.05) is 36.7 Å². The fourth-order valence-electron chi connectivity index (χ4n) is 2.46. The van der Waals surface area contributed by atoms with E-state index in [4.69, 9.17) is 11.6 Å². The van der Waals surface area contributed by atoms with Crippen LogP contribution in [0.25, 0.3) is 0 Å². The smallest absolute Gasteiger partial charge is 0.0640 e. The van der Waals surface area contributed by atoms with E-state index in [-0.39, 0.29) is 0 Å². The van der Waals surface area contributed by atoms with Gasteiger partial charge in [0.1, 0.15) is 0 Å². The summed E-state index contributed by atoms with van der Waals surface area (Å²) in [6, 6.07) is 10.9. The summed E-state index contributed by atoms with van der Waals surface area (Å²) >= 11 is 6.27. The SMILES string of the molecule is CCNC(Cc1ccn(C(C)C)n1)Cc1ccccc1Cl. The molecule has 0 aliphatic carbocycles. The Morgan fingerprint density at radius 2 is 1.95 bits per heavy atom. The first-order valence-electron chi connectivity index (χ1n) is 7.61. The van der Waals surface area contributed by atoms with E-state index in [0.29, 0.717) is 12.1 Å². The van der Waals surface area contributed by atoms with Gasteiger partial charge in [0, 0.05) is 29.7 Å². The molecule has 0 spiro atoms. The highest BCUT2D eigenvalue weighted by molar-refractivity contribution is 6.31. The van der Waals surface area contributed by atoms with Gasteiger partial charge in [-0.15, -0.1) is 0 Å². The van der Waals surface area contributed by atoms with Crippen molar-refractivity contribution < 1.29 is 0 Å². The van der Waals surface area contributed by atoms with Crippen molar-refractivity contribution in [1.29, 1.82) is 0 Å². The molecule has 2 aromatic rings. The molecule has 0 aliphatic heterocycles. The van der Waals surface area contributed by atoms with Crippen molar-refractivity contribution in [1.82, 2.24) is 15.1 Å². The summed E-state index contributed by atoms with van der Waals surface area (Å²) in [4.78, 5) is 0. The van der Waals surface area contributed by atoms with E-state index in [9.17, 15) is 0 Å². The lowest BCUT2D eigenvalue weighted by molar-refractivity contribution is 0.494. The van der Waals surface area contributed by atoms with Gasteiger partial charge in [-0.2, -0.15) is 5.10 Å². The molecular formula is C17H24ClN3. The number of benzene rings is 1. The first-order chi connectivity index (χ1) is 10.1. The maximum absolute atomic E-state index is 6.27. The number of nitrogens with one attached hydrogen (secondary N) is 1. The van der Waals surface area contributed by atoms with E-state index in [1.807, 2.05) is 22.9 Å². The van der Waals surface area contributed by atoms with Crippen LogP contribution >= 0.6 is 11.6 Å². The van der Waals surface area contributed by atoms with Gasteiger partial charge in [0.2, 0.25) is 0 Å². The molecule has 0 aliphatic rings. The van der Waals surface area contributed by atoms with E-state index in [1.54, 1.807) is 0 Å². The van der Waals surface area contributed by atoms with Gasteiger partial charge in [-0.05, 0) is 44.5 Å². The van der Waals surface area contributed by atoms with Crippen LogP contribution < -0.4 is 5.32 Å². The molecule has 0 saturated heterocycles. The number of hydrogen-bond donors (Lipinski definition) is 1. The molecule has 1 aromatic heterocycles. The minimum atomic E-state index is 0.352. The van der Waals surface area contributed by atoms with Gasteiger partial charge in [0.05, 0.1) is 5.69 Å². The Morgan fingerprint density at radius 1 is 1.19 bits per heavy atom. The van der Waals surface area contributed by atoms with Gasteiger partial charge in [0.15, 0.2) is 0 Å². The minimum absolute atomic E-state index is 0.352. The Morgan fingerprint density at radius 3 is 2.57 bits per heavy atom. The van der Waals surface area contributed by atoms with Crippen LogP contribution in [-0.2, 0) is 12.8 Å². The summed E-state index contributed by atoms with van der Waals surface area (Å²) in [7, 11) is 0. The molecule has 4 heteroatoms. The van der Waals surface area contributed by atoms with Crippen molar-refractivity contribution in [3.8, 4) is 0 Å². The molecule has 0 fully saturated rings. The maximum Gasteiger partial charge on any atom is 0.0640 e. The first-order valence-corrected chi connectivity index (χ1v) is 7.98. The molecule has 3 nitrogen and oxygen atoms in total. The standard InChI is InChI=1S/C17H24ClN3/c1-4-19-16(11-14-7-5-6-8-17(14)18)12-15-9-10-21(20-15)13(2)3/h5-10,13,16,19H,4,11-12H2,1-3H3. The molecule has 0 radical (unpaired) electrons. The zero-order valence-electron chi connectivity index (χ0n) is 13.0. The van der Waals surface area contributed by atoms with Crippen LogP contribution in [0.1, 0.15) is 38.1 Å². The molecule has 1 N–H and O–H groups in total. The highest BCUT2D eigenvalue weighted by Crippen LogP contribution is 2.18. The number of hydrogen-bond acceptors (Lipinski definition) is 2. The Bertz CT molecular complexity index is 563. The monoisotopic (exact) mass is 305 g/mol. The second-order valence-corrected chi connectivity index (χ2v) is 6.04. The Balaban J connectivity index is 2.06. The zero-order chi connectivity index (χ0) is 15.2. The van der Waals surface area contributed by atoms with Crippen molar-refractivity contribution >= 4 is 11.6 Å². The zero-order valence-corrected chi connectivity index (χ0v) is 13.8. The predicted molar refractivity (Wildman–Crippen MR) is 88.9 cm³/mol. The first kappa shape index (κ1) is 16.1. The second-order valence-electron chi connectivity index (χ2n) is 5.64. The lowest BCUT2D eigenvalue weighted by Crippen LogP contribution is -2.33. The Hall–Kier alpha value is -1.32. The topological polar surface area (TPSA) is 29.9 Å². The summed E-state index contributed by atoms with van der Waals surface area (Å²) in [5.41, 5.74) is 2.31. The van der Waals surface area contributed by atoms with E-state index in [0.717, 1.165) is 30.1 Å².